The SMILES string of the molecule is CC.CCN(CCC(C)C)S(C)=O.O. The van der Waals surface area contributed by atoms with E-state index in [1.807, 2.05) is 25.1 Å². The quantitative estimate of drug-likeness (QED) is 0.704. The van der Waals surface area contributed by atoms with Gasteiger partial charge in [0.05, 0.1) is 11.0 Å². The van der Waals surface area contributed by atoms with Crippen LogP contribution in [0.1, 0.15) is 41.0 Å². The van der Waals surface area contributed by atoms with Crippen molar-refractivity contribution in [2.45, 2.75) is 41.0 Å². The smallest absolute Gasteiger partial charge is 0.0910 e. The highest BCUT2D eigenvalue weighted by atomic mass is 32.2. The molecule has 0 aliphatic heterocycles. The fourth-order valence-electron chi connectivity index (χ4n) is 0.871. The van der Waals surface area contributed by atoms with Gasteiger partial charge in [0, 0.05) is 19.3 Å². The summed E-state index contributed by atoms with van der Waals surface area (Å²) in [5.41, 5.74) is 0. The molecule has 90 valence electrons. The molecule has 0 fully saturated rings. The molecule has 0 saturated heterocycles. The van der Waals surface area contributed by atoms with E-state index < -0.39 is 11.0 Å². The summed E-state index contributed by atoms with van der Waals surface area (Å²) >= 11 is 0. The molecule has 0 rings (SSSR count). The van der Waals surface area contributed by atoms with Crippen LogP contribution in [0.5, 0.6) is 0 Å². The lowest BCUT2D eigenvalue weighted by molar-refractivity contribution is 0.419. The first-order valence-corrected chi connectivity index (χ1v) is 6.67. The number of nitrogens with zero attached hydrogens (tertiary/aromatic N) is 1. The van der Waals surface area contributed by atoms with Gasteiger partial charge in [-0.1, -0.05) is 34.6 Å². The topological polar surface area (TPSA) is 51.8 Å². The minimum Gasteiger partial charge on any atom is -0.412 e. The summed E-state index contributed by atoms with van der Waals surface area (Å²) in [6.07, 6.45) is 2.87. The molecule has 0 amide bonds. The Morgan fingerprint density at radius 1 is 1.29 bits per heavy atom. The molecule has 0 aromatic heterocycles. The molecule has 3 nitrogen and oxygen atoms in total. The minimum atomic E-state index is -0.786. The Kier molecular flexibility index (Phi) is 18.3. The van der Waals surface area contributed by atoms with Gasteiger partial charge in [-0.15, -0.1) is 0 Å². The van der Waals surface area contributed by atoms with E-state index in [0.717, 1.165) is 19.5 Å². The van der Waals surface area contributed by atoms with E-state index in [1.54, 1.807) is 6.26 Å². The lowest BCUT2D eigenvalue weighted by atomic mass is 10.1. The molecule has 0 saturated carbocycles. The van der Waals surface area contributed by atoms with Crippen LogP contribution in [0.3, 0.4) is 0 Å². The van der Waals surface area contributed by atoms with Crippen LogP contribution in [0, 0.1) is 5.92 Å². The average molecular weight is 225 g/mol. The van der Waals surface area contributed by atoms with Crippen LogP contribution in [-0.4, -0.2) is 33.3 Å². The molecule has 0 aliphatic rings. The average Bonchev–Trinajstić information content (AvgIpc) is 2.08. The summed E-state index contributed by atoms with van der Waals surface area (Å²) < 4.78 is 13.0. The van der Waals surface area contributed by atoms with Gasteiger partial charge in [-0.25, -0.2) is 8.51 Å². The summed E-state index contributed by atoms with van der Waals surface area (Å²) in [4.78, 5) is 0. The maximum Gasteiger partial charge on any atom is 0.0910 e. The second kappa shape index (κ2) is 13.1. The molecule has 14 heavy (non-hydrogen) atoms. The van der Waals surface area contributed by atoms with Gasteiger partial charge < -0.3 is 5.48 Å². The van der Waals surface area contributed by atoms with Crippen molar-refractivity contribution >= 4 is 11.0 Å². The number of hydrogen-bond acceptors (Lipinski definition) is 1. The zero-order valence-electron chi connectivity index (χ0n) is 10.5. The predicted molar refractivity (Wildman–Crippen MR) is 65.7 cm³/mol. The van der Waals surface area contributed by atoms with E-state index in [1.165, 1.54) is 0 Å². The predicted octanol–water partition coefficient (Wildman–Crippen LogP) is 1.85. The molecular formula is C10H27NO2S. The molecule has 0 aromatic rings. The van der Waals surface area contributed by atoms with Crippen molar-refractivity contribution in [3.8, 4) is 0 Å². The van der Waals surface area contributed by atoms with Crippen LogP contribution in [0.15, 0.2) is 0 Å². The van der Waals surface area contributed by atoms with Gasteiger partial charge in [0.2, 0.25) is 0 Å². The van der Waals surface area contributed by atoms with Crippen molar-refractivity contribution in [2.75, 3.05) is 19.3 Å². The maximum absolute atomic E-state index is 11.0. The van der Waals surface area contributed by atoms with E-state index in [2.05, 4.69) is 13.8 Å². The fraction of sp³-hybridized carbons (Fsp3) is 1.00. The van der Waals surface area contributed by atoms with E-state index in [-0.39, 0.29) is 5.48 Å². The first-order valence-electron chi connectivity index (χ1n) is 5.16. The molecule has 0 radical (unpaired) electrons. The number of hydrogen-bond donors (Lipinski definition) is 0. The summed E-state index contributed by atoms with van der Waals surface area (Å²) in [5.74, 6) is 0.701. The van der Waals surface area contributed by atoms with Crippen LogP contribution in [0.25, 0.3) is 0 Å². The Balaban J connectivity index is -0.000000376. The third-order valence-electron chi connectivity index (χ3n) is 1.67. The molecule has 0 bridgehead atoms. The zero-order chi connectivity index (χ0) is 10.9. The standard InChI is InChI=1S/C8H19NOS.C2H6.H2O/c1-5-9(11(4)10)7-6-8(2)3;1-2;/h8H,5-7H2,1-4H3;1-2H3;1H2. The summed E-state index contributed by atoms with van der Waals surface area (Å²) in [5, 5.41) is 0. The Hall–Kier alpha value is 0.0700. The van der Waals surface area contributed by atoms with Crippen molar-refractivity contribution < 1.29 is 9.69 Å². The third kappa shape index (κ3) is 12.1. The third-order valence-corrected chi connectivity index (χ3v) is 2.84. The molecular weight excluding hydrogens is 198 g/mol. The second-order valence-electron chi connectivity index (χ2n) is 3.13. The van der Waals surface area contributed by atoms with E-state index >= 15 is 0 Å². The van der Waals surface area contributed by atoms with E-state index in [0.29, 0.717) is 5.92 Å². The van der Waals surface area contributed by atoms with Crippen LogP contribution >= 0.6 is 0 Å². The van der Waals surface area contributed by atoms with Gasteiger partial charge in [-0.3, -0.25) is 0 Å². The molecule has 0 aromatic carbocycles. The zero-order valence-corrected chi connectivity index (χ0v) is 11.3. The van der Waals surface area contributed by atoms with Crippen LogP contribution in [-0.2, 0) is 11.0 Å². The van der Waals surface area contributed by atoms with Gasteiger partial charge in [0.25, 0.3) is 0 Å². The molecule has 0 heterocycles. The Morgan fingerprint density at radius 2 is 1.71 bits per heavy atom. The molecule has 0 aliphatic carbocycles. The summed E-state index contributed by atoms with van der Waals surface area (Å²) in [6.45, 7) is 12.3. The Labute approximate surface area is 91.8 Å². The molecule has 0 spiro atoms. The van der Waals surface area contributed by atoms with Gasteiger partial charge in [0.1, 0.15) is 0 Å². The first-order chi connectivity index (χ1) is 6.07. The van der Waals surface area contributed by atoms with E-state index in [4.69, 9.17) is 0 Å². The Morgan fingerprint density at radius 3 is 1.93 bits per heavy atom. The summed E-state index contributed by atoms with van der Waals surface area (Å²) in [7, 11) is -0.786. The normalized spacial score (nSPS) is 11.7. The highest BCUT2D eigenvalue weighted by Gasteiger charge is 2.05. The molecule has 1 atom stereocenters. The molecule has 1 unspecified atom stereocenters. The van der Waals surface area contributed by atoms with Crippen molar-refractivity contribution in [1.82, 2.24) is 4.31 Å². The molecule has 4 heteroatoms. The summed E-state index contributed by atoms with van der Waals surface area (Å²) in [6, 6.07) is 0. The van der Waals surface area contributed by atoms with E-state index in [9.17, 15) is 4.21 Å². The van der Waals surface area contributed by atoms with Gasteiger partial charge in [-0.2, -0.15) is 0 Å². The van der Waals surface area contributed by atoms with Gasteiger partial charge in [-0.05, 0) is 12.3 Å². The van der Waals surface area contributed by atoms with Gasteiger partial charge >= 0.3 is 0 Å². The lowest BCUT2D eigenvalue weighted by Gasteiger charge is -2.17. The largest absolute Gasteiger partial charge is 0.412 e. The highest BCUT2D eigenvalue weighted by Crippen LogP contribution is 2.02. The fourth-order valence-corrected chi connectivity index (χ4v) is 1.60. The van der Waals surface area contributed by atoms with Crippen molar-refractivity contribution in [3.05, 3.63) is 0 Å². The maximum atomic E-state index is 11.0. The van der Waals surface area contributed by atoms with Gasteiger partial charge in [0.15, 0.2) is 0 Å². The second-order valence-corrected chi connectivity index (χ2v) is 4.49. The van der Waals surface area contributed by atoms with Crippen LogP contribution in [0.2, 0.25) is 0 Å². The van der Waals surface area contributed by atoms with Crippen LogP contribution in [0.4, 0.5) is 0 Å². The minimum absolute atomic E-state index is 0. The highest BCUT2D eigenvalue weighted by molar-refractivity contribution is 7.81. The molecule has 2 N–H and O–H groups in total. The first kappa shape index (κ1) is 19.6. The Bertz CT molecular complexity index is 129. The van der Waals surface area contributed by atoms with Crippen molar-refractivity contribution in [1.29, 1.82) is 0 Å². The monoisotopic (exact) mass is 225 g/mol. The lowest BCUT2D eigenvalue weighted by Crippen LogP contribution is -2.26. The van der Waals surface area contributed by atoms with Crippen molar-refractivity contribution in [2.24, 2.45) is 5.92 Å². The van der Waals surface area contributed by atoms with Crippen molar-refractivity contribution in [3.63, 3.8) is 0 Å². The van der Waals surface area contributed by atoms with Crippen LogP contribution < -0.4 is 0 Å². The number of rotatable bonds is 5.